The van der Waals surface area contributed by atoms with Gasteiger partial charge in [-0.1, -0.05) is 27.7 Å². The van der Waals surface area contributed by atoms with Crippen molar-refractivity contribution < 1.29 is 0 Å². The van der Waals surface area contributed by atoms with Crippen LogP contribution in [0.5, 0.6) is 0 Å². The van der Waals surface area contributed by atoms with Gasteiger partial charge in [-0.05, 0) is 18.1 Å². The average molecular weight is 301 g/mol. The van der Waals surface area contributed by atoms with E-state index in [0.717, 1.165) is 6.54 Å². The van der Waals surface area contributed by atoms with Crippen LogP contribution in [0.25, 0.3) is 0 Å². The molecular formula is C9H20INS. The summed E-state index contributed by atoms with van der Waals surface area (Å²) in [6, 6.07) is 0. The first-order chi connectivity index (χ1) is 5.33. The van der Waals surface area contributed by atoms with Crippen molar-refractivity contribution in [1.29, 1.82) is 0 Å². The van der Waals surface area contributed by atoms with Crippen LogP contribution in [0.3, 0.4) is 0 Å². The van der Waals surface area contributed by atoms with Crippen molar-refractivity contribution >= 4 is 34.6 Å². The lowest BCUT2D eigenvalue weighted by atomic mass is 9.84. The zero-order valence-electron chi connectivity index (χ0n) is 8.70. The summed E-state index contributed by atoms with van der Waals surface area (Å²) >= 11 is 4.17. The Morgan fingerprint density at radius 2 is 1.75 bits per heavy atom. The third-order valence-corrected chi connectivity index (χ3v) is 3.63. The minimum absolute atomic E-state index is 0.397. The summed E-state index contributed by atoms with van der Waals surface area (Å²) in [5.41, 5.74) is 0.397. The van der Waals surface area contributed by atoms with Crippen LogP contribution in [-0.4, -0.2) is 17.5 Å². The maximum Gasteiger partial charge on any atom is 0.0169 e. The molecule has 74 valence electrons. The Morgan fingerprint density at radius 3 is 2.08 bits per heavy atom. The van der Waals surface area contributed by atoms with Crippen molar-refractivity contribution in [2.45, 2.75) is 38.9 Å². The monoisotopic (exact) mass is 301 g/mol. The van der Waals surface area contributed by atoms with Gasteiger partial charge in [-0.3, -0.25) is 3.53 Å². The molecule has 0 aliphatic rings. The molecule has 0 atom stereocenters. The molecule has 0 spiro atoms. The third-order valence-electron chi connectivity index (χ3n) is 2.00. The second-order valence-corrected chi connectivity index (χ2v) is 6.89. The molecule has 0 aliphatic heterocycles. The molecule has 0 saturated carbocycles. The molecule has 0 aromatic heterocycles. The number of rotatable bonds is 5. The topological polar surface area (TPSA) is 12.0 Å². The van der Waals surface area contributed by atoms with Gasteiger partial charge >= 0.3 is 0 Å². The first-order valence-electron chi connectivity index (χ1n) is 4.22. The molecule has 0 aromatic rings. The largest absolute Gasteiger partial charge is 0.261 e. The molecule has 0 heterocycles. The summed E-state index contributed by atoms with van der Waals surface area (Å²) in [6.07, 6.45) is 3.44. The number of halogens is 1. The van der Waals surface area contributed by atoms with Gasteiger partial charge in [-0.15, -0.1) is 0 Å². The van der Waals surface area contributed by atoms with E-state index in [4.69, 9.17) is 0 Å². The van der Waals surface area contributed by atoms with Crippen LogP contribution < -0.4 is 3.53 Å². The fourth-order valence-electron chi connectivity index (χ4n) is 1.47. The van der Waals surface area contributed by atoms with Gasteiger partial charge in [-0.2, -0.15) is 11.8 Å². The molecule has 0 aliphatic carbocycles. The third kappa shape index (κ3) is 5.65. The highest BCUT2D eigenvalue weighted by atomic mass is 127. The van der Waals surface area contributed by atoms with Gasteiger partial charge < -0.3 is 0 Å². The molecule has 0 radical (unpaired) electrons. The van der Waals surface area contributed by atoms with E-state index in [1.165, 1.54) is 6.42 Å². The molecule has 12 heavy (non-hydrogen) atoms. The van der Waals surface area contributed by atoms with Gasteiger partial charge in [-0.25, -0.2) is 0 Å². The predicted molar refractivity (Wildman–Crippen MR) is 68.0 cm³/mol. The Balaban J connectivity index is 4.04. The maximum atomic E-state index is 3.22. The van der Waals surface area contributed by atoms with Crippen LogP contribution in [0.15, 0.2) is 0 Å². The summed E-state index contributed by atoms with van der Waals surface area (Å²) in [5, 5.41) is 0. The summed E-state index contributed by atoms with van der Waals surface area (Å²) < 4.78 is 3.62. The van der Waals surface area contributed by atoms with Crippen molar-refractivity contribution in [3.05, 3.63) is 0 Å². The number of hydrogen-bond acceptors (Lipinski definition) is 2. The van der Waals surface area contributed by atoms with E-state index < -0.39 is 0 Å². The highest BCUT2D eigenvalue weighted by Crippen LogP contribution is 2.35. The van der Waals surface area contributed by atoms with Crippen LogP contribution in [0.1, 0.15) is 34.1 Å². The van der Waals surface area contributed by atoms with E-state index >= 15 is 0 Å². The molecule has 3 heteroatoms. The van der Waals surface area contributed by atoms with Crippen LogP contribution in [0.2, 0.25) is 0 Å². The average Bonchev–Trinajstić information content (AvgIpc) is 1.85. The van der Waals surface area contributed by atoms with E-state index in [9.17, 15) is 0 Å². The van der Waals surface area contributed by atoms with Gasteiger partial charge in [0.05, 0.1) is 0 Å². The second kappa shape index (κ2) is 5.05. The zero-order valence-corrected chi connectivity index (χ0v) is 11.7. The Morgan fingerprint density at radius 1 is 1.25 bits per heavy atom. The Labute approximate surface area is 95.0 Å². The quantitative estimate of drug-likeness (QED) is 0.616. The standard InChI is InChI=1S/C9H20INS/c1-8(2,7-11-10)6-9(3,4)12-5/h11H,6-7H2,1-5H3. The van der Waals surface area contributed by atoms with Crippen molar-refractivity contribution in [3.63, 3.8) is 0 Å². The summed E-state index contributed by atoms with van der Waals surface area (Å²) in [4.78, 5) is 0. The maximum absolute atomic E-state index is 3.22. The van der Waals surface area contributed by atoms with Crippen LogP contribution in [0, 0.1) is 5.41 Å². The lowest BCUT2D eigenvalue weighted by Crippen LogP contribution is -2.31. The fraction of sp³-hybridized carbons (Fsp3) is 1.00. The highest BCUT2D eigenvalue weighted by Gasteiger charge is 2.27. The lowest BCUT2D eigenvalue weighted by Gasteiger charge is -2.33. The SMILES string of the molecule is CSC(C)(C)CC(C)(C)CNI. The van der Waals surface area contributed by atoms with Gasteiger partial charge in [0.1, 0.15) is 0 Å². The smallest absolute Gasteiger partial charge is 0.0169 e. The van der Waals surface area contributed by atoms with Gasteiger partial charge in [0, 0.05) is 34.2 Å². The van der Waals surface area contributed by atoms with E-state index in [1.807, 2.05) is 11.8 Å². The Bertz CT molecular complexity index is 134. The predicted octanol–water partition coefficient (Wildman–Crippen LogP) is 3.48. The fourth-order valence-corrected chi connectivity index (χ4v) is 3.04. The summed E-state index contributed by atoms with van der Waals surface area (Å²) in [6.45, 7) is 10.3. The Kier molecular flexibility index (Phi) is 5.49. The zero-order chi connectivity index (χ0) is 9.83. The molecule has 0 saturated heterocycles. The van der Waals surface area contributed by atoms with Crippen molar-refractivity contribution in [3.8, 4) is 0 Å². The van der Waals surface area contributed by atoms with E-state index in [1.54, 1.807) is 0 Å². The molecule has 0 rings (SSSR count). The van der Waals surface area contributed by atoms with E-state index in [0.29, 0.717) is 10.2 Å². The van der Waals surface area contributed by atoms with Crippen molar-refractivity contribution in [1.82, 2.24) is 3.53 Å². The lowest BCUT2D eigenvalue weighted by molar-refractivity contribution is 0.310. The molecule has 1 nitrogen and oxygen atoms in total. The van der Waals surface area contributed by atoms with E-state index in [-0.39, 0.29) is 0 Å². The van der Waals surface area contributed by atoms with Gasteiger partial charge in [0.15, 0.2) is 0 Å². The van der Waals surface area contributed by atoms with Crippen molar-refractivity contribution in [2.75, 3.05) is 12.8 Å². The molecular weight excluding hydrogens is 281 g/mol. The van der Waals surface area contributed by atoms with Crippen LogP contribution >= 0.6 is 34.6 Å². The van der Waals surface area contributed by atoms with Crippen LogP contribution in [-0.2, 0) is 0 Å². The summed E-state index contributed by atoms with van der Waals surface area (Å²) in [5.74, 6) is 0. The second-order valence-electron chi connectivity index (χ2n) is 4.62. The first kappa shape index (κ1) is 13.0. The molecule has 0 aromatic carbocycles. The van der Waals surface area contributed by atoms with Crippen LogP contribution in [0.4, 0.5) is 0 Å². The number of hydrogen-bond donors (Lipinski definition) is 1. The molecule has 0 bridgehead atoms. The molecule has 1 N–H and O–H groups in total. The number of nitrogens with one attached hydrogen (secondary N) is 1. The Hall–Kier alpha value is 1.04. The van der Waals surface area contributed by atoms with Gasteiger partial charge in [0.2, 0.25) is 0 Å². The minimum atomic E-state index is 0.397. The first-order valence-corrected chi connectivity index (χ1v) is 6.52. The molecule has 0 fully saturated rings. The molecule has 0 amide bonds. The highest BCUT2D eigenvalue weighted by molar-refractivity contribution is 14.1. The molecule has 0 unspecified atom stereocenters. The van der Waals surface area contributed by atoms with Gasteiger partial charge in [0.25, 0.3) is 0 Å². The van der Waals surface area contributed by atoms with Crippen molar-refractivity contribution in [2.24, 2.45) is 5.41 Å². The number of thioether (sulfide) groups is 1. The summed E-state index contributed by atoms with van der Waals surface area (Å²) in [7, 11) is 0. The normalized spacial score (nSPS) is 13.5. The minimum Gasteiger partial charge on any atom is -0.261 e. The van der Waals surface area contributed by atoms with E-state index in [2.05, 4.69) is 60.3 Å².